The van der Waals surface area contributed by atoms with Gasteiger partial charge in [-0.1, -0.05) is 0 Å². The number of nitriles is 1. The molecule has 0 atom stereocenters. The molecule has 1 aliphatic rings. The first-order chi connectivity index (χ1) is 6.83. The predicted octanol–water partition coefficient (Wildman–Crippen LogP) is 2.00. The van der Waals surface area contributed by atoms with Crippen LogP contribution in [0.2, 0.25) is 0 Å². The molecule has 1 saturated carbocycles. The van der Waals surface area contributed by atoms with Crippen LogP contribution in [0.3, 0.4) is 0 Å². The second kappa shape index (κ2) is 6.80. The molecule has 0 aromatic heterocycles. The molecule has 3 nitrogen and oxygen atoms in total. The highest BCUT2D eigenvalue weighted by molar-refractivity contribution is 4.72. The van der Waals surface area contributed by atoms with E-state index in [1.54, 1.807) is 0 Å². The van der Waals surface area contributed by atoms with Crippen molar-refractivity contribution in [2.24, 2.45) is 0 Å². The third-order valence-electron chi connectivity index (χ3n) is 2.68. The fourth-order valence-electron chi connectivity index (χ4n) is 1.77. The minimum atomic E-state index is -0.103. The van der Waals surface area contributed by atoms with E-state index in [-0.39, 0.29) is 6.10 Å². The summed E-state index contributed by atoms with van der Waals surface area (Å²) in [5.74, 6) is 0. The van der Waals surface area contributed by atoms with Gasteiger partial charge in [-0.2, -0.15) is 5.26 Å². The molecule has 0 aromatic rings. The Kier molecular flexibility index (Phi) is 5.58. The number of nitrogens with zero attached hydrogens (tertiary/aromatic N) is 1. The smallest absolute Gasteiger partial charge is 0.0621 e. The van der Waals surface area contributed by atoms with E-state index in [9.17, 15) is 5.11 Å². The minimum absolute atomic E-state index is 0.103. The summed E-state index contributed by atoms with van der Waals surface area (Å²) in [4.78, 5) is 0. The monoisotopic (exact) mass is 197 g/mol. The van der Waals surface area contributed by atoms with Crippen molar-refractivity contribution in [3.8, 4) is 6.07 Å². The quantitative estimate of drug-likeness (QED) is 0.686. The Labute approximate surface area is 85.7 Å². The highest BCUT2D eigenvalue weighted by atomic mass is 16.5. The summed E-state index contributed by atoms with van der Waals surface area (Å²) in [6.45, 7) is 0.766. The predicted molar refractivity (Wildman–Crippen MR) is 53.7 cm³/mol. The lowest BCUT2D eigenvalue weighted by atomic mass is 9.95. The van der Waals surface area contributed by atoms with Gasteiger partial charge in [-0.15, -0.1) is 0 Å². The zero-order valence-electron chi connectivity index (χ0n) is 8.61. The molecule has 0 spiro atoms. The van der Waals surface area contributed by atoms with E-state index in [1.165, 1.54) is 0 Å². The molecule has 0 aliphatic heterocycles. The Morgan fingerprint density at radius 1 is 1.21 bits per heavy atom. The van der Waals surface area contributed by atoms with E-state index in [0.29, 0.717) is 12.5 Å². The molecule has 0 saturated heterocycles. The number of unbranched alkanes of at least 4 members (excludes halogenated alkanes) is 2. The molecule has 0 aromatic carbocycles. The summed E-state index contributed by atoms with van der Waals surface area (Å²) in [6, 6.07) is 2.12. The Morgan fingerprint density at radius 3 is 2.57 bits per heavy atom. The van der Waals surface area contributed by atoms with Gasteiger partial charge in [0.1, 0.15) is 0 Å². The van der Waals surface area contributed by atoms with E-state index in [1.807, 2.05) is 0 Å². The first kappa shape index (κ1) is 11.5. The van der Waals surface area contributed by atoms with Gasteiger partial charge in [0.2, 0.25) is 0 Å². The van der Waals surface area contributed by atoms with Gasteiger partial charge in [0.15, 0.2) is 0 Å². The van der Waals surface area contributed by atoms with Gasteiger partial charge in [-0.25, -0.2) is 0 Å². The first-order valence-electron chi connectivity index (χ1n) is 5.49. The SMILES string of the molecule is N#CCCCCOC1CCC(O)CC1. The van der Waals surface area contributed by atoms with Crippen LogP contribution >= 0.6 is 0 Å². The van der Waals surface area contributed by atoms with Crippen molar-refractivity contribution in [1.29, 1.82) is 5.26 Å². The maximum atomic E-state index is 9.28. The van der Waals surface area contributed by atoms with Crippen molar-refractivity contribution in [2.45, 2.75) is 57.2 Å². The van der Waals surface area contributed by atoms with Crippen LogP contribution < -0.4 is 0 Å². The molecule has 0 radical (unpaired) electrons. The summed E-state index contributed by atoms with van der Waals surface area (Å²) in [7, 11) is 0. The molecule has 1 aliphatic carbocycles. The normalized spacial score (nSPS) is 27.1. The van der Waals surface area contributed by atoms with E-state index < -0.39 is 0 Å². The molecular formula is C11H19NO2. The number of hydrogen-bond donors (Lipinski definition) is 1. The summed E-state index contributed by atoms with van der Waals surface area (Å²) in [5.41, 5.74) is 0. The number of aliphatic hydroxyl groups is 1. The molecule has 1 rings (SSSR count). The zero-order valence-corrected chi connectivity index (χ0v) is 8.61. The van der Waals surface area contributed by atoms with Crippen LogP contribution in [0.25, 0.3) is 0 Å². The fourth-order valence-corrected chi connectivity index (χ4v) is 1.77. The fraction of sp³-hybridized carbons (Fsp3) is 0.909. The molecule has 0 amide bonds. The van der Waals surface area contributed by atoms with Crippen LogP contribution in [-0.2, 0) is 4.74 Å². The Morgan fingerprint density at radius 2 is 1.93 bits per heavy atom. The summed E-state index contributed by atoms with van der Waals surface area (Å²) >= 11 is 0. The average Bonchev–Trinajstić information content (AvgIpc) is 2.21. The van der Waals surface area contributed by atoms with E-state index in [4.69, 9.17) is 10.00 Å². The largest absolute Gasteiger partial charge is 0.393 e. The van der Waals surface area contributed by atoms with Crippen LogP contribution in [-0.4, -0.2) is 23.9 Å². The highest BCUT2D eigenvalue weighted by Gasteiger charge is 2.19. The third kappa shape index (κ3) is 4.59. The van der Waals surface area contributed by atoms with Gasteiger partial charge < -0.3 is 9.84 Å². The van der Waals surface area contributed by atoms with Gasteiger partial charge in [0.05, 0.1) is 18.3 Å². The van der Waals surface area contributed by atoms with Gasteiger partial charge >= 0.3 is 0 Å². The number of aliphatic hydroxyl groups excluding tert-OH is 1. The molecule has 1 N–H and O–H groups in total. The minimum Gasteiger partial charge on any atom is -0.393 e. The first-order valence-corrected chi connectivity index (χ1v) is 5.49. The van der Waals surface area contributed by atoms with Crippen molar-refractivity contribution >= 4 is 0 Å². The van der Waals surface area contributed by atoms with Crippen LogP contribution in [0, 0.1) is 11.3 Å². The Hall–Kier alpha value is -0.590. The zero-order chi connectivity index (χ0) is 10.2. The second-order valence-electron chi connectivity index (χ2n) is 3.92. The van der Waals surface area contributed by atoms with Crippen molar-refractivity contribution < 1.29 is 9.84 Å². The second-order valence-corrected chi connectivity index (χ2v) is 3.92. The lowest BCUT2D eigenvalue weighted by Crippen LogP contribution is -2.24. The molecular weight excluding hydrogens is 178 g/mol. The number of ether oxygens (including phenoxy) is 1. The molecule has 0 bridgehead atoms. The van der Waals surface area contributed by atoms with E-state index in [2.05, 4.69) is 6.07 Å². The summed E-state index contributed by atoms with van der Waals surface area (Å²) in [6.07, 6.45) is 6.52. The summed E-state index contributed by atoms with van der Waals surface area (Å²) < 4.78 is 5.66. The Balaban J connectivity index is 1.94. The van der Waals surface area contributed by atoms with Crippen molar-refractivity contribution in [3.05, 3.63) is 0 Å². The van der Waals surface area contributed by atoms with E-state index >= 15 is 0 Å². The van der Waals surface area contributed by atoms with Crippen molar-refractivity contribution in [3.63, 3.8) is 0 Å². The Bertz CT molecular complexity index is 180. The molecule has 3 heteroatoms. The summed E-state index contributed by atoms with van der Waals surface area (Å²) in [5, 5.41) is 17.6. The van der Waals surface area contributed by atoms with E-state index in [0.717, 1.165) is 45.1 Å². The number of rotatable bonds is 5. The van der Waals surface area contributed by atoms with Crippen LogP contribution in [0.4, 0.5) is 0 Å². The standard InChI is InChI=1S/C11H19NO2/c12-8-2-1-3-9-14-11-6-4-10(13)5-7-11/h10-11,13H,1-7,9H2. The van der Waals surface area contributed by atoms with Crippen LogP contribution in [0.5, 0.6) is 0 Å². The average molecular weight is 197 g/mol. The molecule has 14 heavy (non-hydrogen) atoms. The molecule has 80 valence electrons. The van der Waals surface area contributed by atoms with Crippen molar-refractivity contribution in [1.82, 2.24) is 0 Å². The van der Waals surface area contributed by atoms with Crippen molar-refractivity contribution in [2.75, 3.05) is 6.61 Å². The highest BCUT2D eigenvalue weighted by Crippen LogP contribution is 2.21. The lowest BCUT2D eigenvalue weighted by Gasteiger charge is -2.25. The van der Waals surface area contributed by atoms with Gasteiger partial charge in [0.25, 0.3) is 0 Å². The number of hydrogen-bond acceptors (Lipinski definition) is 3. The van der Waals surface area contributed by atoms with Crippen LogP contribution in [0.1, 0.15) is 44.9 Å². The molecule has 0 heterocycles. The van der Waals surface area contributed by atoms with Crippen LogP contribution in [0.15, 0.2) is 0 Å². The topological polar surface area (TPSA) is 53.2 Å². The maximum Gasteiger partial charge on any atom is 0.0621 e. The lowest BCUT2D eigenvalue weighted by molar-refractivity contribution is -0.00425. The molecule has 1 fully saturated rings. The van der Waals surface area contributed by atoms with Gasteiger partial charge in [-0.3, -0.25) is 0 Å². The third-order valence-corrected chi connectivity index (χ3v) is 2.68. The molecule has 0 unspecified atom stereocenters. The van der Waals surface area contributed by atoms with Gasteiger partial charge in [-0.05, 0) is 38.5 Å². The van der Waals surface area contributed by atoms with Gasteiger partial charge in [0, 0.05) is 13.0 Å². The maximum absolute atomic E-state index is 9.28.